The fourth-order valence-corrected chi connectivity index (χ4v) is 20.2. The molecule has 5 aromatic rings. The number of halogens is 10. The van der Waals surface area contributed by atoms with Gasteiger partial charge in [-0.25, -0.2) is 43.9 Å². The quantitative estimate of drug-likeness (QED) is 0.0554. The van der Waals surface area contributed by atoms with Crippen LogP contribution in [0.1, 0.15) is 314 Å². The maximum absolute atomic E-state index is 13.8. The molecule has 10 aliphatic rings. The van der Waals surface area contributed by atoms with Crippen LogP contribution in [-0.2, 0) is 47.4 Å². The lowest BCUT2D eigenvalue weighted by molar-refractivity contribution is -0.215. The molecule has 670 valence electrons. The monoisotopic (exact) mass is 1690 g/mol. The van der Waals surface area contributed by atoms with Gasteiger partial charge in [0.15, 0.2) is 31.5 Å². The van der Waals surface area contributed by atoms with Crippen molar-refractivity contribution in [2.24, 2.45) is 88.8 Å². The Bertz CT molecular complexity index is 3760. The van der Waals surface area contributed by atoms with E-state index in [4.69, 9.17) is 47.4 Å². The summed E-state index contributed by atoms with van der Waals surface area (Å²) in [5, 5.41) is 0. The van der Waals surface area contributed by atoms with Gasteiger partial charge in [0.05, 0.1) is 66.1 Å². The average Bonchev–Trinajstić information content (AvgIpc) is 0.832. The average molecular weight is 1690 g/mol. The van der Waals surface area contributed by atoms with Gasteiger partial charge in [-0.1, -0.05) is 163 Å². The third-order valence-corrected chi connectivity index (χ3v) is 28.9. The van der Waals surface area contributed by atoms with Gasteiger partial charge in [-0.15, -0.1) is 0 Å². The highest BCUT2D eigenvalue weighted by Gasteiger charge is 2.39. The minimum absolute atomic E-state index is 0.0359. The van der Waals surface area contributed by atoms with Crippen LogP contribution in [0, 0.1) is 182 Å². The smallest absolute Gasteiger partial charge is 0.184 e. The first-order valence-electron chi connectivity index (χ1n) is 46.3. The van der Waals surface area contributed by atoms with Crippen molar-refractivity contribution in [2.45, 2.75) is 293 Å². The topological polar surface area (TPSA) is 92.3 Å². The van der Waals surface area contributed by atoms with Gasteiger partial charge in [-0.3, -0.25) is 0 Å². The molecule has 0 unspecified atom stereocenters. The van der Waals surface area contributed by atoms with Crippen LogP contribution in [0.4, 0.5) is 43.9 Å². The van der Waals surface area contributed by atoms with Gasteiger partial charge in [0.25, 0.3) is 0 Å². The standard InChI is InChI=1S/C22H32F2O2.C21H30F2O2.C20H28F2O2.C19H26F2O2.C18H24F2O2/c1-3-4-5-6-16-7-9-17(10-8-16)19-13-25-22(26-14-19)18-11-20(23)15(2)21(24)12-18;1-3-4-5-15-6-8-16(9-7-15)18-12-24-21(25-13-18)17-10-19(22)14(2)20(23)11-17;1-3-4-14-5-7-15(8-6-14)17-11-23-20(24-12-17)16-9-18(21)13(2)19(22)10-16;1-3-13-4-6-14(7-5-13)16-10-22-19(23-11-16)15-8-17(20)12(2)18(21)9-15;1-11-3-5-13(6-4-11)15-9-21-18(22-10-15)14-7-16(19)12(2)17(20)8-14/h11-12,16-17,19,22H,3-10,13-14H2,1-2H3;10-11,15-16,18,21H,3-9,12-13H2,1-2H3;9-10,14-15,17,20H,3-8,11-12H2,1-2H3;8-9,13-14,16,19H,3-7,10-11H2,1-2H3;7-8,11,13,15,18H,3-6,9-10H2,1-2H3. The van der Waals surface area contributed by atoms with Crippen molar-refractivity contribution in [3.05, 3.63) is 174 Å². The molecule has 0 spiro atoms. The third kappa shape index (κ3) is 27.0. The summed E-state index contributed by atoms with van der Waals surface area (Å²) in [5.41, 5.74) is 2.34. The summed E-state index contributed by atoms with van der Waals surface area (Å²) in [4.78, 5) is 0. The van der Waals surface area contributed by atoms with Gasteiger partial charge in [0.1, 0.15) is 58.2 Å². The van der Waals surface area contributed by atoms with E-state index in [-0.39, 0.29) is 27.8 Å². The Balaban J connectivity index is 0.000000147. The molecular formula is C100H140F10O10. The molecule has 15 rings (SSSR count). The van der Waals surface area contributed by atoms with E-state index in [0.717, 1.165) is 29.6 Å². The second kappa shape index (κ2) is 47.5. The molecule has 0 radical (unpaired) electrons. The number of hydrogen-bond donors (Lipinski definition) is 0. The highest BCUT2D eigenvalue weighted by atomic mass is 19.2. The van der Waals surface area contributed by atoms with Gasteiger partial charge in [0.2, 0.25) is 0 Å². The Morgan fingerprint density at radius 1 is 0.225 bits per heavy atom. The molecule has 5 heterocycles. The number of benzene rings is 5. The van der Waals surface area contributed by atoms with Crippen molar-refractivity contribution in [2.75, 3.05) is 66.1 Å². The predicted molar refractivity (Wildman–Crippen MR) is 448 cm³/mol. The van der Waals surface area contributed by atoms with Crippen LogP contribution >= 0.6 is 0 Å². The third-order valence-electron chi connectivity index (χ3n) is 28.9. The molecule has 10 fully saturated rings. The van der Waals surface area contributed by atoms with Crippen LogP contribution in [0.3, 0.4) is 0 Å². The molecule has 10 nitrogen and oxygen atoms in total. The van der Waals surface area contributed by atoms with Crippen molar-refractivity contribution in [1.29, 1.82) is 0 Å². The first-order valence-corrected chi connectivity index (χ1v) is 46.3. The van der Waals surface area contributed by atoms with Crippen LogP contribution in [0.15, 0.2) is 60.7 Å². The lowest BCUT2D eigenvalue weighted by atomic mass is 9.74. The van der Waals surface area contributed by atoms with Crippen LogP contribution in [0.2, 0.25) is 0 Å². The Kier molecular flexibility index (Phi) is 37.9. The molecule has 5 aromatic carbocycles. The molecule has 5 aliphatic carbocycles. The Morgan fingerprint density at radius 3 is 0.617 bits per heavy atom. The summed E-state index contributed by atoms with van der Waals surface area (Å²) in [5.74, 6) is 4.23. The lowest BCUT2D eigenvalue weighted by Gasteiger charge is -2.38. The van der Waals surface area contributed by atoms with E-state index >= 15 is 0 Å². The normalized spacial score (nSPS) is 31.2. The highest BCUT2D eigenvalue weighted by molar-refractivity contribution is 5.30. The molecule has 0 amide bonds. The summed E-state index contributed by atoms with van der Waals surface area (Å²) >= 11 is 0. The van der Waals surface area contributed by atoms with E-state index < -0.39 is 89.6 Å². The Labute approximate surface area is 710 Å². The van der Waals surface area contributed by atoms with Crippen LogP contribution in [-0.4, -0.2) is 66.1 Å². The molecule has 5 saturated carbocycles. The van der Waals surface area contributed by atoms with Crippen molar-refractivity contribution in [3.63, 3.8) is 0 Å². The maximum atomic E-state index is 13.8. The van der Waals surface area contributed by atoms with Crippen LogP contribution in [0.5, 0.6) is 0 Å². The van der Waals surface area contributed by atoms with Crippen molar-refractivity contribution in [1.82, 2.24) is 0 Å². The zero-order valence-electron chi connectivity index (χ0n) is 73.5. The van der Waals surface area contributed by atoms with E-state index in [9.17, 15) is 43.9 Å². The van der Waals surface area contributed by atoms with Gasteiger partial charge < -0.3 is 47.4 Å². The summed E-state index contributed by atoms with van der Waals surface area (Å²) in [6.07, 6.45) is 35.6. The lowest BCUT2D eigenvalue weighted by Crippen LogP contribution is -2.34. The number of unbranched alkanes of at least 4 members (excludes halogenated alkanes) is 3. The zero-order valence-corrected chi connectivity index (χ0v) is 73.5. The molecule has 0 aromatic heterocycles. The van der Waals surface area contributed by atoms with E-state index in [1.807, 2.05) is 0 Å². The first kappa shape index (κ1) is 95.7. The minimum Gasteiger partial charge on any atom is -0.348 e. The largest absolute Gasteiger partial charge is 0.348 e. The number of ether oxygens (including phenoxy) is 10. The van der Waals surface area contributed by atoms with Crippen molar-refractivity contribution >= 4 is 0 Å². The van der Waals surface area contributed by atoms with Crippen molar-refractivity contribution in [3.8, 4) is 0 Å². The number of rotatable bonds is 20. The molecule has 0 atom stereocenters. The zero-order chi connectivity index (χ0) is 85.5. The maximum Gasteiger partial charge on any atom is 0.184 e. The Morgan fingerprint density at radius 2 is 0.417 bits per heavy atom. The minimum atomic E-state index is -0.652. The molecular weight excluding hydrogens is 1550 g/mol. The molecule has 20 heteroatoms. The van der Waals surface area contributed by atoms with Gasteiger partial charge in [0, 0.05) is 85.2 Å². The fraction of sp³-hybridized carbons (Fsp3) is 0.700. The first-order chi connectivity index (χ1) is 57.9. The summed E-state index contributed by atoms with van der Waals surface area (Å²) in [7, 11) is 0. The van der Waals surface area contributed by atoms with Crippen molar-refractivity contribution < 1.29 is 91.3 Å². The SMILES string of the molecule is CCC1CCC(C2COC(c3cc(F)c(C)c(F)c3)OC2)CC1.CCCC1CCC(C2COC(c3cc(F)c(C)c(F)c3)OC2)CC1.CCCCC1CCC(C2COC(c3cc(F)c(C)c(F)c3)OC2)CC1.CCCCCC1CCC(C2COC(c3cc(F)c(C)c(F)c3)OC2)CC1.Cc1c(F)cc(C2OCC(C3CCC(C)CC3)CO2)cc1F. The van der Waals surface area contributed by atoms with Gasteiger partial charge in [-0.2, -0.15) is 0 Å². The van der Waals surface area contributed by atoms with E-state index in [1.165, 1.54) is 288 Å². The fourth-order valence-electron chi connectivity index (χ4n) is 20.2. The van der Waals surface area contributed by atoms with Crippen LogP contribution in [0.25, 0.3) is 0 Å². The predicted octanol–water partition coefficient (Wildman–Crippen LogP) is 27.7. The summed E-state index contributed by atoms with van der Waals surface area (Å²) in [6, 6.07) is 13.2. The van der Waals surface area contributed by atoms with Gasteiger partial charge in [-0.05, 0) is 219 Å². The highest BCUT2D eigenvalue weighted by Crippen LogP contribution is 2.46. The Hall–Kier alpha value is -5.00. The van der Waals surface area contributed by atoms with E-state index in [1.54, 1.807) is 0 Å². The van der Waals surface area contributed by atoms with Crippen LogP contribution < -0.4 is 0 Å². The summed E-state index contributed by atoms with van der Waals surface area (Å²) in [6.45, 7) is 24.7. The van der Waals surface area contributed by atoms with E-state index in [0.29, 0.717) is 153 Å². The molecule has 5 saturated heterocycles. The molecule has 120 heavy (non-hydrogen) atoms. The molecule has 0 N–H and O–H groups in total. The molecule has 5 aliphatic heterocycles. The second-order valence-corrected chi connectivity index (χ2v) is 37.3. The summed E-state index contributed by atoms with van der Waals surface area (Å²) < 4.78 is 195. The van der Waals surface area contributed by atoms with E-state index in [2.05, 4.69) is 34.6 Å². The molecule has 0 bridgehead atoms. The number of hydrogen-bond acceptors (Lipinski definition) is 10. The van der Waals surface area contributed by atoms with Gasteiger partial charge >= 0.3 is 0 Å². The second-order valence-electron chi connectivity index (χ2n) is 37.3.